The normalized spacial score (nSPS) is 11.3. The summed E-state index contributed by atoms with van der Waals surface area (Å²) in [4.78, 5) is 3.35. The molecule has 2 nitrogen and oxygen atoms in total. The predicted octanol–water partition coefficient (Wildman–Crippen LogP) is 4.46. The molecule has 18 heavy (non-hydrogen) atoms. The fraction of sp³-hybridized carbons (Fsp3) is 0.0833. The summed E-state index contributed by atoms with van der Waals surface area (Å²) >= 11 is 3.24. The van der Waals surface area contributed by atoms with E-state index in [2.05, 4.69) is 20.9 Å². The number of benzene rings is 1. The van der Waals surface area contributed by atoms with E-state index in [1.807, 2.05) is 6.07 Å². The summed E-state index contributed by atoms with van der Waals surface area (Å²) in [5.74, 6) is 0.286. The van der Waals surface area contributed by atoms with Crippen LogP contribution < -0.4 is 4.74 Å². The van der Waals surface area contributed by atoms with Gasteiger partial charge < -0.3 is 4.74 Å². The standard InChI is InChI=1S/C12H6BrF3NO/c13-8-4-6-9(7-5-8)18-11-3-1-2-10(17-11)12(14,15)16/h1,3-7H. The van der Waals surface area contributed by atoms with Crippen molar-refractivity contribution in [3.63, 3.8) is 0 Å². The maximum absolute atomic E-state index is 12.4. The Morgan fingerprint density at radius 3 is 2.39 bits per heavy atom. The fourth-order valence-electron chi connectivity index (χ4n) is 1.20. The number of alkyl halides is 3. The first-order valence-corrected chi connectivity index (χ1v) is 5.64. The summed E-state index contributed by atoms with van der Waals surface area (Å²) in [6.07, 6.45) is -4.53. The molecule has 0 N–H and O–H groups in total. The van der Waals surface area contributed by atoms with Crippen LogP contribution in [0.2, 0.25) is 0 Å². The lowest BCUT2D eigenvalue weighted by Gasteiger charge is -2.08. The van der Waals surface area contributed by atoms with Gasteiger partial charge >= 0.3 is 6.18 Å². The zero-order valence-corrected chi connectivity index (χ0v) is 10.4. The van der Waals surface area contributed by atoms with Gasteiger partial charge in [-0.15, -0.1) is 0 Å². The Bertz CT molecular complexity index is 540. The molecule has 0 bridgehead atoms. The van der Waals surface area contributed by atoms with E-state index < -0.39 is 11.9 Å². The number of halogens is 4. The lowest BCUT2D eigenvalue weighted by Crippen LogP contribution is -2.08. The molecule has 0 aliphatic rings. The second-order valence-corrected chi connectivity index (χ2v) is 4.25. The maximum atomic E-state index is 12.4. The van der Waals surface area contributed by atoms with Crippen LogP contribution in [0.4, 0.5) is 13.2 Å². The minimum Gasteiger partial charge on any atom is -0.439 e. The molecular weight excluding hydrogens is 311 g/mol. The Balaban J connectivity index is 2.22. The molecule has 0 aliphatic carbocycles. The van der Waals surface area contributed by atoms with Crippen LogP contribution in [-0.4, -0.2) is 4.98 Å². The first-order valence-electron chi connectivity index (χ1n) is 4.84. The van der Waals surface area contributed by atoms with Gasteiger partial charge in [0.25, 0.3) is 0 Å². The van der Waals surface area contributed by atoms with Crippen molar-refractivity contribution in [2.45, 2.75) is 6.18 Å². The summed E-state index contributed by atoms with van der Waals surface area (Å²) in [5.41, 5.74) is -1.10. The molecule has 0 saturated carbocycles. The average Bonchev–Trinajstić information content (AvgIpc) is 2.31. The minimum absolute atomic E-state index is 0.122. The van der Waals surface area contributed by atoms with E-state index in [1.54, 1.807) is 24.3 Å². The molecule has 0 fully saturated rings. The molecule has 1 aromatic heterocycles. The summed E-state index contributed by atoms with van der Waals surface area (Å²) in [7, 11) is 0. The summed E-state index contributed by atoms with van der Waals surface area (Å²) in [5, 5.41) is 0. The highest BCUT2D eigenvalue weighted by Gasteiger charge is 2.33. The molecule has 1 radical (unpaired) electrons. The SMILES string of the molecule is FC(F)(F)c1[c]ccc(Oc2ccc(Br)cc2)n1. The van der Waals surface area contributed by atoms with Gasteiger partial charge in [0.2, 0.25) is 5.88 Å². The lowest BCUT2D eigenvalue weighted by molar-refractivity contribution is -0.141. The van der Waals surface area contributed by atoms with Gasteiger partial charge in [0.05, 0.1) is 0 Å². The van der Waals surface area contributed by atoms with E-state index in [0.29, 0.717) is 5.75 Å². The number of hydrogen-bond donors (Lipinski definition) is 0. The van der Waals surface area contributed by atoms with Crippen LogP contribution in [0.3, 0.4) is 0 Å². The summed E-state index contributed by atoms with van der Waals surface area (Å²) in [6, 6.07) is 11.1. The molecule has 0 spiro atoms. The largest absolute Gasteiger partial charge is 0.439 e. The number of rotatable bonds is 2. The number of pyridine rings is 1. The van der Waals surface area contributed by atoms with Crippen molar-refractivity contribution in [1.82, 2.24) is 4.98 Å². The van der Waals surface area contributed by atoms with Crippen LogP contribution >= 0.6 is 15.9 Å². The molecule has 0 saturated heterocycles. The van der Waals surface area contributed by atoms with Crippen molar-refractivity contribution in [2.75, 3.05) is 0 Å². The molecular formula is C12H6BrF3NO. The van der Waals surface area contributed by atoms with Crippen LogP contribution in [0.5, 0.6) is 11.6 Å². The quantitative estimate of drug-likeness (QED) is 0.816. The summed E-state index contributed by atoms with van der Waals surface area (Å²) < 4.78 is 43.3. The van der Waals surface area contributed by atoms with Crippen molar-refractivity contribution >= 4 is 15.9 Å². The third-order valence-corrected chi connectivity index (χ3v) is 2.50. The molecule has 2 rings (SSSR count). The van der Waals surface area contributed by atoms with Crippen LogP contribution in [0.1, 0.15) is 5.69 Å². The number of aromatic nitrogens is 1. The zero-order valence-electron chi connectivity index (χ0n) is 8.83. The van der Waals surface area contributed by atoms with E-state index in [0.717, 1.165) is 10.5 Å². The molecule has 0 amide bonds. The third kappa shape index (κ3) is 3.22. The minimum atomic E-state index is -4.53. The van der Waals surface area contributed by atoms with E-state index in [9.17, 15) is 13.2 Å². The highest BCUT2D eigenvalue weighted by Crippen LogP contribution is 2.29. The lowest BCUT2D eigenvalue weighted by atomic mass is 10.3. The summed E-state index contributed by atoms with van der Waals surface area (Å²) in [6.45, 7) is 0. The Kier molecular flexibility index (Phi) is 3.56. The molecule has 1 heterocycles. The van der Waals surface area contributed by atoms with E-state index >= 15 is 0 Å². The Labute approximate surface area is 110 Å². The van der Waals surface area contributed by atoms with Gasteiger partial charge in [-0.25, -0.2) is 4.98 Å². The van der Waals surface area contributed by atoms with Crippen molar-refractivity contribution in [3.8, 4) is 11.6 Å². The molecule has 0 aliphatic heterocycles. The molecule has 93 valence electrons. The van der Waals surface area contributed by atoms with Crippen molar-refractivity contribution < 1.29 is 17.9 Å². The molecule has 0 atom stereocenters. The highest BCUT2D eigenvalue weighted by atomic mass is 79.9. The predicted molar refractivity (Wildman–Crippen MR) is 62.3 cm³/mol. The van der Waals surface area contributed by atoms with E-state index in [-0.39, 0.29) is 5.88 Å². The first-order chi connectivity index (χ1) is 8.45. The van der Waals surface area contributed by atoms with Gasteiger partial charge in [0.1, 0.15) is 5.75 Å². The molecule has 2 aromatic rings. The van der Waals surface area contributed by atoms with Crippen LogP contribution in [0.25, 0.3) is 0 Å². The zero-order chi connectivity index (χ0) is 13.2. The fourth-order valence-corrected chi connectivity index (χ4v) is 1.46. The van der Waals surface area contributed by atoms with Crippen LogP contribution in [-0.2, 0) is 6.18 Å². The number of hydrogen-bond acceptors (Lipinski definition) is 2. The first kappa shape index (κ1) is 12.9. The Morgan fingerprint density at radius 1 is 1.11 bits per heavy atom. The van der Waals surface area contributed by atoms with Gasteiger partial charge in [0.15, 0.2) is 5.69 Å². The third-order valence-electron chi connectivity index (χ3n) is 1.97. The Morgan fingerprint density at radius 2 is 1.78 bits per heavy atom. The van der Waals surface area contributed by atoms with Crippen molar-refractivity contribution in [3.05, 3.63) is 52.6 Å². The average molecular weight is 317 g/mol. The van der Waals surface area contributed by atoms with Gasteiger partial charge in [-0.1, -0.05) is 15.9 Å². The highest BCUT2D eigenvalue weighted by molar-refractivity contribution is 9.10. The van der Waals surface area contributed by atoms with Gasteiger partial charge in [0, 0.05) is 16.6 Å². The van der Waals surface area contributed by atoms with Gasteiger partial charge in [-0.05, 0) is 30.3 Å². The number of ether oxygens (including phenoxy) is 1. The maximum Gasteiger partial charge on any atom is 0.434 e. The number of nitrogens with zero attached hydrogens (tertiary/aromatic N) is 1. The van der Waals surface area contributed by atoms with Crippen molar-refractivity contribution in [2.24, 2.45) is 0 Å². The monoisotopic (exact) mass is 316 g/mol. The van der Waals surface area contributed by atoms with Crippen LogP contribution in [0.15, 0.2) is 40.9 Å². The Hall–Kier alpha value is -1.56. The van der Waals surface area contributed by atoms with Gasteiger partial charge in [-0.2, -0.15) is 13.2 Å². The molecule has 0 unspecified atom stereocenters. The van der Waals surface area contributed by atoms with E-state index in [1.165, 1.54) is 6.07 Å². The van der Waals surface area contributed by atoms with Crippen molar-refractivity contribution in [1.29, 1.82) is 0 Å². The molecule has 6 heteroatoms. The second-order valence-electron chi connectivity index (χ2n) is 3.33. The molecule has 1 aromatic carbocycles. The topological polar surface area (TPSA) is 22.1 Å². The smallest absolute Gasteiger partial charge is 0.434 e. The van der Waals surface area contributed by atoms with Crippen LogP contribution in [0, 0.1) is 6.07 Å². The second kappa shape index (κ2) is 4.97. The van der Waals surface area contributed by atoms with E-state index in [4.69, 9.17) is 4.74 Å². The van der Waals surface area contributed by atoms with Gasteiger partial charge in [-0.3, -0.25) is 0 Å².